The van der Waals surface area contributed by atoms with Crippen molar-refractivity contribution in [2.45, 2.75) is 16.5 Å². The first-order valence-corrected chi connectivity index (χ1v) is 6.45. The lowest BCUT2D eigenvalue weighted by Crippen LogP contribution is -1.86. The fourth-order valence-corrected chi connectivity index (χ4v) is 2.52. The largest absolute Gasteiger partial charge is 0.392 e. The summed E-state index contributed by atoms with van der Waals surface area (Å²) >= 11 is 13.4. The third-order valence-corrected chi connectivity index (χ3v) is 3.77. The smallest absolute Gasteiger partial charge is 0.101 e. The van der Waals surface area contributed by atoms with E-state index in [2.05, 4.69) is 4.98 Å². The maximum atomic E-state index is 8.91. The second-order valence-electron chi connectivity index (χ2n) is 3.34. The van der Waals surface area contributed by atoms with Gasteiger partial charge in [0.25, 0.3) is 0 Å². The average molecular weight is 286 g/mol. The van der Waals surface area contributed by atoms with Crippen LogP contribution < -0.4 is 0 Å². The second-order valence-corrected chi connectivity index (χ2v) is 5.25. The van der Waals surface area contributed by atoms with Crippen LogP contribution in [0.25, 0.3) is 0 Å². The van der Waals surface area contributed by atoms with E-state index in [1.54, 1.807) is 24.4 Å². The summed E-state index contributed by atoms with van der Waals surface area (Å²) in [6, 6.07) is 8.97. The molecule has 1 N–H and O–H groups in total. The van der Waals surface area contributed by atoms with Gasteiger partial charge in [-0.1, -0.05) is 41.0 Å². The summed E-state index contributed by atoms with van der Waals surface area (Å²) in [6.45, 7) is -0.00410. The normalized spacial score (nSPS) is 10.5. The van der Waals surface area contributed by atoms with Crippen molar-refractivity contribution in [2.24, 2.45) is 0 Å². The zero-order chi connectivity index (χ0) is 12.3. The molecule has 0 amide bonds. The van der Waals surface area contributed by atoms with E-state index in [0.29, 0.717) is 10.0 Å². The van der Waals surface area contributed by atoms with Crippen molar-refractivity contribution >= 4 is 35.0 Å². The molecule has 0 fully saturated rings. The number of pyridine rings is 1. The van der Waals surface area contributed by atoms with Gasteiger partial charge >= 0.3 is 0 Å². The van der Waals surface area contributed by atoms with Crippen molar-refractivity contribution in [3.05, 3.63) is 52.1 Å². The Balaban J connectivity index is 2.22. The summed E-state index contributed by atoms with van der Waals surface area (Å²) in [6.07, 6.45) is 1.64. The van der Waals surface area contributed by atoms with Gasteiger partial charge in [0.15, 0.2) is 0 Å². The molecule has 0 atom stereocenters. The Hall–Kier alpha value is -0.740. The third-order valence-electron chi connectivity index (χ3n) is 2.09. The van der Waals surface area contributed by atoms with E-state index in [4.69, 9.17) is 28.3 Å². The molecular weight excluding hydrogens is 277 g/mol. The van der Waals surface area contributed by atoms with Crippen LogP contribution in [0.3, 0.4) is 0 Å². The number of rotatable bonds is 3. The molecule has 17 heavy (non-hydrogen) atoms. The van der Waals surface area contributed by atoms with Crippen molar-refractivity contribution in [3.63, 3.8) is 0 Å². The summed E-state index contributed by atoms with van der Waals surface area (Å²) in [5.41, 5.74) is 0.784. The molecule has 1 aromatic heterocycles. The number of hydrogen-bond donors (Lipinski definition) is 1. The number of halogens is 2. The van der Waals surface area contributed by atoms with Gasteiger partial charge in [0.1, 0.15) is 5.03 Å². The molecular formula is C12H9Cl2NOS. The Labute approximate surface area is 114 Å². The number of nitrogens with zero attached hydrogens (tertiary/aromatic N) is 1. The summed E-state index contributed by atoms with van der Waals surface area (Å²) < 4.78 is 0. The van der Waals surface area contributed by atoms with Gasteiger partial charge in [0, 0.05) is 16.1 Å². The molecule has 0 bridgehead atoms. The minimum Gasteiger partial charge on any atom is -0.392 e. The standard InChI is InChI=1S/C12H9Cl2NOS/c13-9-2-3-10(14)11(5-9)17-12-4-1-8(7-16)6-15-12/h1-6,16H,7H2. The van der Waals surface area contributed by atoms with Crippen molar-refractivity contribution < 1.29 is 5.11 Å². The molecule has 0 aliphatic heterocycles. The van der Waals surface area contributed by atoms with Crippen LogP contribution in [0.1, 0.15) is 5.56 Å². The Morgan fingerprint density at radius 3 is 2.65 bits per heavy atom. The van der Waals surface area contributed by atoms with Crippen LogP contribution in [0.5, 0.6) is 0 Å². The maximum absolute atomic E-state index is 8.91. The molecule has 0 spiro atoms. The highest BCUT2D eigenvalue weighted by Gasteiger charge is 2.04. The van der Waals surface area contributed by atoms with Crippen LogP contribution >= 0.6 is 35.0 Å². The van der Waals surface area contributed by atoms with Crippen molar-refractivity contribution in [2.75, 3.05) is 0 Å². The molecule has 0 radical (unpaired) electrons. The van der Waals surface area contributed by atoms with Crippen LogP contribution in [-0.2, 0) is 6.61 Å². The lowest BCUT2D eigenvalue weighted by atomic mass is 10.3. The topological polar surface area (TPSA) is 33.1 Å². The first kappa shape index (κ1) is 12.7. The van der Waals surface area contributed by atoms with E-state index in [9.17, 15) is 0 Å². The minimum absolute atomic E-state index is 0.00410. The molecule has 88 valence electrons. The zero-order valence-electron chi connectivity index (χ0n) is 8.73. The molecule has 1 aromatic carbocycles. The fraction of sp³-hybridized carbons (Fsp3) is 0.0833. The van der Waals surface area contributed by atoms with E-state index < -0.39 is 0 Å². The van der Waals surface area contributed by atoms with Gasteiger partial charge in [-0.05, 0) is 29.8 Å². The van der Waals surface area contributed by atoms with E-state index in [1.165, 1.54) is 11.8 Å². The number of benzene rings is 1. The number of hydrogen-bond acceptors (Lipinski definition) is 3. The molecule has 2 rings (SSSR count). The van der Waals surface area contributed by atoms with Gasteiger partial charge in [-0.25, -0.2) is 4.98 Å². The van der Waals surface area contributed by atoms with Crippen molar-refractivity contribution in [3.8, 4) is 0 Å². The molecule has 0 saturated carbocycles. The fourth-order valence-electron chi connectivity index (χ4n) is 1.23. The van der Waals surface area contributed by atoms with Gasteiger partial charge in [-0.15, -0.1) is 0 Å². The quantitative estimate of drug-likeness (QED) is 0.924. The summed E-state index contributed by atoms with van der Waals surface area (Å²) in [4.78, 5) is 5.08. The van der Waals surface area contributed by atoms with Gasteiger partial charge < -0.3 is 5.11 Å². The Morgan fingerprint density at radius 2 is 2.00 bits per heavy atom. The number of aromatic nitrogens is 1. The second kappa shape index (κ2) is 5.74. The molecule has 2 aromatic rings. The molecule has 0 aliphatic carbocycles. The van der Waals surface area contributed by atoms with Crippen molar-refractivity contribution in [1.29, 1.82) is 0 Å². The highest BCUT2D eigenvalue weighted by Crippen LogP contribution is 2.33. The van der Waals surface area contributed by atoms with E-state index in [-0.39, 0.29) is 6.61 Å². The summed E-state index contributed by atoms with van der Waals surface area (Å²) in [5.74, 6) is 0. The van der Waals surface area contributed by atoms with Crippen molar-refractivity contribution in [1.82, 2.24) is 4.98 Å². The Kier molecular flexibility index (Phi) is 4.29. The van der Waals surface area contributed by atoms with E-state index in [0.717, 1.165) is 15.5 Å². The molecule has 5 heteroatoms. The molecule has 2 nitrogen and oxygen atoms in total. The average Bonchev–Trinajstić information content (AvgIpc) is 2.35. The van der Waals surface area contributed by atoms with Crippen LogP contribution in [0.4, 0.5) is 0 Å². The minimum atomic E-state index is -0.00410. The van der Waals surface area contributed by atoms with Crippen LogP contribution in [0.2, 0.25) is 10.0 Å². The van der Waals surface area contributed by atoms with Gasteiger partial charge in [-0.2, -0.15) is 0 Å². The first-order valence-electron chi connectivity index (χ1n) is 4.88. The highest BCUT2D eigenvalue weighted by atomic mass is 35.5. The zero-order valence-corrected chi connectivity index (χ0v) is 11.1. The summed E-state index contributed by atoms with van der Waals surface area (Å²) in [5, 5.41) is 11.0. The van der Waals surface area contributed by atoms with Crippen LogP contribution in [-0.4, -0.2) is 10.1 Å². The first-order chi connectivity index (χ1) is 8.19. The molecule has 0 saturated heterocycles. The lowest BCUT2D eigenvalue weighted by Gasteiger charge is -2.04. The lowest BCUT2D eigenvalue weighted by molar-refractivity contribution is 0.281. The number of aliphatic hydroxyl groups is 1. The Bertz CT molecular complexity index is 516. The van der Waals surface area contributed by atoms with E-state index in [1.807, 2.05) is 12.1 Å². The van der Waals surface area contributed by atoms with Crippen LogP contribution in [0, 0.1) is 0 Å². The molecule has 0 aliphatic rings. The predicted octanol–water partition coefficient (Wildman–Crippen LogP) is 4.03. The van der Waals surface area contributed by atoms with Gasteiger partial charge in [-0.3, -0.25) is 0 Å². The SMILES string of the molecule is OCc1ccc(Sc2cc(Cl)ccc2Cl)nc1. The predicted molar refractivity (Wildman–Crippen MR) is 70.7 cm³/mol. The summed E-state index contributed by atoms with van der Waals surface area (Å²) in [7, 11) is 0. The highest BCUT2D eigenvalue weighted by molar-refractivity contribution is 7.99. The van der Waals surface area contributed by atoms with Crippen LogP contribution in [0.15, 0.2) is 46.5 Å². The van der Waals surface area contributed by atoms with E-state index >= 15 is 0 Å². The Morgan fingerprint density at radius 1 is 1.18 bits per heavy atom. The third kappa shape index (κ3) is 3.36. The number of aliphatic hydroxyl groups excluding tert-OH is 1. The molecule has 0 unspecified atom stereocenters. The monoisotopic (exact) mass is 285 g/mol. The molecule has 1 heterocycles. The van der Waals surface area contributed by atoms with Gasteiger partial charge in [0.2, 0.25) is 0 Å². The maximum Gasteiger partial charge on any atom is 0.101 e. The van der Waals surface area contributed by atoms with Gasteiger partial charge in [0.05, 0.1) is 11.6 Å².